The van der Waals surface area contributed by atoms with Gasteiger partial charge in [-0.3, -0.25) is 0 Å². The summed E-state index contributed by atoms with van der Waals surface area (Å²) in [6.07, 6.45) is 4.40. The molecule has 1 aromatic carbocycles. The quantitative estimate of drug-likeness (QED) is 0.253. The van der Waals surface area contributed by atoms with Crippen molar-refractivity contribution >= 4 is 43.2 Å². The Labute approximate surface area is 196 Å². The first-order chi connectivity index (χ1) is 15.9. The SMILES string of the molecule is CS(=O)(=O)NCCNc1ccc(-c2cc3ncnc(N[C@H](CO)c4ccccc4)c3s2)cn1. The molecule has 4 aromatic rings. The van der Waals surface area contributed by atoms with E-state index in [0.29, 0.717) is 18.2 Å². The lowest BCUT2D eigenvalue weighted by Crippen LogP contribution is -2.27. The predicted molar refractivity (Wildman–Crippen MR) is 132 cm³/mol. The molecule has 0 saturated carbocycles. The molecule has 0 unspecified atom stereocenters. The molecule has 11 heteroatoms. The molecule has 0 spiro atoms. The van der Waals surface area contributed by atoms with Crippen molar-refractivity contribution < 1.29 is 13.5 Å². The van der Waals surface area contributed by atoms with Crippen molar-refractivity contribution in [2.75, 3.05) is 36.6 Å². The van der Waals surface area contributed by atoms with E-state index in [0.717, 1.165) is 32.5 Å². The number of benzene rings is 1. The first kappa shape index (κ1) is 23.1. The van der Waals surface area contributed by atoms with Crippen LogP contribution in [-0.4, -0.2) is 54.4 Å². The molecule has 0 saturated heterocycles. The first-order valence-electron chi connectivity index (χ1n) is 10.2. The van der Waals surface area contributed by atoms with E-state index in [4.69, 9.17) is 0 Å². The number of nitrogens with zero attached hydrogens (tertiary/aromatic N) is 3. The molecule has 4 N–H and O–H groups in total. The average molecular weight is 485 g/mol. The zero-order chi connectivity index (χ0) is 23.3. The maximum Gasteiger partial charge on any atom is 0.208 e. The summed E-state index contributed by atoms with van der Waals surface area (Å²) in [6, 6.07) is 15.2. The van der Waals surface area contributed by atoms with Crippen molar-refractivity contribution in [3.63, 3.8) is 0 Å². The molecule has 4 rings (SSSR count). The number of sulfonamides is 1. The van der Waals surface area contributed by atoms with Crippen LogP contribution in [0, 0.1) is 0 Å². The van der Waals surface area contributed by atoms with Crippen molar-refractivity contribution in [1.82, 2.24) is 19.7 Å². The van der Waals surface area contributed by atoms with E-state index >= 15 is 0 Å². The highest BCUT2D eigenvalue weighted by molar-refractivity contribution is 7.88. The molecular weight excluding hydrogens is 460 g/mol. The third-order valence-corrected chi connectivity index (χ3v) is 6.76. The molecule has 0 amide bonds. The molecule has 0 aliphatic carbocycles. The summed E-state index contributed by atoms with van der Waals surface area (Å²) in [5, 5.41) is 16.3. The van der Waals surface area contributed by atoms with Crippen molar-refractivity contribution in [1.29, 1.82) is 0 Å². The van der Waals surface area contributed by atoms with Crippen LogP contribution in [0.4, 0.5) is 11.6 Å². The van der Waals surface area contributed by atoms with Gasteiger partial charge >= 0.3 is 0 Å². The Kier molecular flexibility index (Phi) is 7.14. The number of aromatic nitrogens is 3. The summed E-state index contributed by atoms with van der Waals surface area (Å²) in [6.45, 7) is 0.650. The number of pyridine rings is 1. The van der Waals surface area contributed by atoms with Crippen molar-refractivity contribution in [3.05, 3.63) is 66.6 Å². The monoisotopic (exact) mass is 484 g/mol. The fourth-order valence-electron chi connectivity index (χ4n) is 3.26. The number of thiophene rings is 1. The van der Waals surface area contributed by atoms with Gasteiger partial charge in [-0.05, 0) is 23.8 Å². The van der Waals surface area contributed by atoms with Gasteiger partial charge in [0.15, 0.2) is 0 Å². The molecular formula is C22H24N6O3S2. The number of rotatable bonds is 10. The van der Waals surface area contributed by atoms with Crippen molar-refractivity contribution in [2.24, 2.45) is 0 Å². The van der Waals surface area contributed by atoms with Gasteiger partial charge < -0.3 is 15.7 Å². The molecule has 172 valence electrons. The molecule has 0 aliphatic rings. The fraction of sp³-hybridized carbons (Fsp3) is 0.227. The summed E-state index contributed by atoms with van der Waals surface area (Å²) >= 11 is 1.55. The average Bonchev–Trinajstić information content (AvgIpc) is 3.26. The molecule has 1 atom stereocenters. The van der Waals surface area contributed by atoms with Crippen LogP contribution in [0.5, 0.6) is 0 Å². The van der Waals surface area contributed by atoms with Crippen LogP contribution in [0.15, 0.2) is 61.1 Å². The second kappa shape index (κ2) is 10.2. The van der Waals surface area contributed by atoms with Crippen molar-refractivity contribution in [3.8, 4) is 10.4 Å². The summed E-state index contributed by atoms with van der Waals surface area (Å²) in [5.41, 5.74) is 2.72. The summed E-state index contributed by atoms with van der Waals surface area (Å²) in [5.74, 6) is 1.33. The Morgan fingerprint density at radius 1 is 1.06 bits per heavy atom. The topological polar surface area (TPSA) is 129 Å². The van der Waals surface area contributed by atoms with Crippen LogP contribution in [0.1, 0.15) is 11.6 Å². The summed E-state index contributed by atoms with van der Waals surface area (Å²) < 4.78 is 25.5. The third kappa shape index (κ3) is 6.02. The number of hydrogen-bond donors (Lipinski definition) is 4. The minimum absolute atomic E-state index is 0.0637. The number of aliphatic hydroxyl groups excluding tert-OH is 1. The maximum absolute atomic E-state index is 11.1. The van der Waals surface area contributed by atoms with E-state index in [1.807, 2.05) is 48.5 Å². The third-order valence-electron chi connectivity index (χ3n) is 4.85. The minimum Gasteiger partial charge on any atom is -0.394 e. The standard InChI is InChI=1S/C22H24N6O3S2/c1-33(30,31)27-10-9-23-20-8-7-16(12-24-20)19-11-17-21(32-19)22(26-14-25-17)28-18(13-29)15-5-3-2-4-6-15/h2-8,11-12,14,18,27,29H,9-10,13H2,1H3,(H,23,24)(H,25,26,28)/t18-/m1/s1. The Morgan fingerprint density at radius 2 is 1.88 bits per heavy atom. The highest BCUT2D eigenvalue weighted by Crippen LogP contribution is 2.36. The second-order valence-electron chi connectivity index (χ2n) is 7.36. The zero-order valence-corrected chi connectivity index (χ0v) is 19.5. The normalized spacial score (nSPS) is 12.5. The van der Waals surface area contributed by atoms with E-state index < -0.39 is 10.0 Å². The molecule has 0 aliphatic heterocycles. The lowest BCUT2D eigenvalue weighted by Gasteiger charge is -2.17. The van der Waals surface area contributed by atoms with E-state index in [9.17, 15) is 13.5 Å². The van der Waals surface area contributed by atoms with Gasteiger partial charge in [-0.25, -0.2) is 28.1 Å². The maximum atomic E-state index is 11.1. The molecule has 33 heavy (non-hydrogen) atoms. The minimum atomic E-state index is -3.20. The summed E-state index contributed by atoms with van der Waals surface area (Å²) in [7, 11) is -3.20. The van der Waals surface area contributed by atoms with Crippen LogP contribution >= 0.6 is 11.3 Å². The molecule has 0 fully saturated rings. The molecule has 3 heterocycles. The van der Waals surface area contributed by atoms with E-state index in [2.05, 4.69) is 30.3 Å². The van der Waals surface area contributed by atoms with Gasteiger partial charge in [0.25, 0.3) is 0 Å². The van der Waals surface area contributed by atoms with Gasteiger partial charge in [-0.2, -0.15) is 0 Å². The van der Waals surface area contributed by atoms with Crippen LogP contribution in [0.3, 0.4) is 0 Å². The highest BCUT2D eigenvalue weighted by Gasteiger charge is 2.15. The lowest BCUT2D eigenvalue weighted by molar-refractivity contribution is 0.276. The summed E-state index contributed by atoms with van der Waals surface area (Å²) in [4.78, 5) is 14.2. The van der Waals surface area contributed by atoms with Gasteiger partial charge in [-0.15, -0.1) is 11.3 Å². The Balaban J connectivity index is 1.49. The molecule has 0 bridgehead atoms. The number of anilines is 2. The van der Waals surface area contributed by atoms with E-state index in [1.54, 1.807) is 17.5 Å². The lowest BCUT2D eigenvalue weighted by atomic mass is 10.1. The number of hydrogen-bond acceptors (Lipinski definition) is 9. The van der Waals surface area contributed by atoms with Crippen LogP contribution in [0.2, 0.25) is 0 Å². The fourth-order valence-corrected chi connectivity index (χ4v) is 4.78. The van der Waals surface area contributed by atoms with Crippen LogP contribution in [-0.2, 0) is 10.0 Å². The number of aliphatic hydroxyl groups is 1. The number of nitrogens with one attached hydrogen (secondary N) is 3. The zero-order valence-electron chi connectivity index (χ0n) is 17.9. The van der Waals surface area contributed by atoms with Crippen molar-refractivity contribution in [2.45, 2.75) is 6.04 Å². The van der Waals surface area contributed by atoms with Gasteiger partial charge in [-0.1, -0.05) is 30.3 Å². The van der Waals surface area contributed by atoms with Gasteiger partial charge in [0.1, 0.15) is 18.0 Å². The Hall–Kier alpha value is -3.12. The highest BCUT2D eigenvalue weighted by atomic mass is 32.2. The molecule has 0 radical (unpaired) electrons. The molecule has 9 nitrogen and oxygen atoms in total. The Bertz CT molecular complexity index is 1310. The molecule has 3 aromatic heterocycles. The largest absolute Gasteiger partial charge is 0.394 e. The predicted octanol–water partition coefficient (Wildman–Crippen LogP) is 2.86. The van der Waals surface area contributed by atoms with Gasteiger partial charge in [0.2, 0.25) is 10.0 Å². The Morgan fingerprint density at radius 3 is 2.58 bits per heavy atom. The van der Waals surface area contributed by atoms with Gasteiger partial charge in [0, 0.05) is 29.7 Å². The van der Waals surface area contributed by atoms with E-state index in [-0.39, 0.29) is 19.2 Å². The first-order valence-corrected chi connectivity index (χ1v) is 13.0. The van der Waals surface area contributed by atoms with Gasteiger partial charge in [0.05, 0.1) is 29.1 Å². The second-order valence-corrected chi connectivity index (χ2v) is 10.2. The van der Waals surface area contributed by atoms with Crippen LogP contribution in [0.25, 0.3) is 20.7 Å². The smallest absolute Gasteiger partial charge is 0.208 e. The number of fused-ring (bicyclic) bond motifs is 1. The van der Waals surface area contributed by atoms with E-state index in [1.165, 1.54) is 6.33 Å². The van der Waals surface area contributed by atoms with Crippen LogP contribution < -0.4 is 15.4 Å².